The van der Waals surface area contributed by atoms with Gasteiger partial charge >= 0.3 is 0 Å². The third-order valence-electron chi connectivity index (χ3n) is 0.201. The van der Waals surface area contributed by atoms with E-state index in [1.807, 2.05) is 0 Å². The van der Waals surface area contributed by atoms with Gasteiger partial charge in [0.05, 0.1) is 0 Å². The van der Waals surface area contributed by atoms with Crippen LogP contribution in [0.3, 0.4) is 0 Å². The van der Waals surface area contributed by atoms with Crippen LogP contribution in [0, 0.1) is 0 Å². The van der Waals surface area contributed by atoms with Gasteiger partial charge in [-0.1, -0.05) is 6.58 Å². The summed E-state index contributed by atoms with van der Waals surface area (Å²) in [5, 5.41) is 0. The van der Waals surface area contributed by atoms with E-state index in [9.17, 15) is 4.79 Å². The van der Waals surface area contributed by atoms with E-state index >= 15 is 0 Å². The van der Waals surface area contributed by atoms with Crippen molar-refractivity contribution in [3.05, 3.63) is 12.7 Å². The first-order chi connectivity index (χ1) is 2.27. The molecule has 0 spiro atoms. The molecule has 0 aliphatic heterocycles. The zero-order valence-electron chi connectivity index (χ0n) is 3.77. The van der Waals surface area contributed by atoms with Crippen molar-refractivity contribution in [1.29, 1.82) is 0 Å². The van der Waals surface area contributed by atoms with E-state index in [1.54, 1.807) is 0 Å². The predicted molar refractivity (Wildman–Crippen MR) is 25.1 cm³/mol. The van der Waals surface area contributed by atoms with Crippen LogP contribution in [-0.2, 0) is 4.79 Å². The monoisotopic (exact) mass is 110 g/mol. The minimum Gasteiger partial charge on any atom is -0.366 e. The van der Waals surface area contributed by atoms with E-state index in [0.29, 0.717) is 0 Å². The Kier molecular flexibility index (Phi) is 9.71. The molecule has 0 aromatic heterocycles. The Labute approximate surface area is 79.2 Å². The number of hydrogen-bond acceptors (Lipinski definition) is 1. The molecule has 0 bridgehead atoms. The summed E-state index contributed by atoms with van der Waals surface area (Å²) in [5.41, 5.74) is 4.53. The number of rotatable bonds is 1. The number of hydrogen-bond donors (Lipinski definition) is 1. The van der Waals surface area contributed by atoms with Crippen LogP contribution in [-0.4, -0.2) is 57.3 Å². The van der Waals surface area contributed by atoms with Gasteiger partial charge in [-0.25, -0.2) is 0 Å². The zero-order chi connectivity index (χ0) is 4.28. The number of amides is 1. The largest absolute Gasteiger partial charge is 0.366 e. The van der Waals surface area contributed by atoms with E-state index in [2.05, 4.69) is 12.3 Å². The molecule has 0 aromatic rings. The van der Waals surface area contributed by atoms with Crippen LogP contribution in [0.2, 0.25) is 0 Å². The van der Waals surface area contributed by atoms with Crippen molar-refractivity contribution >= 4 is 57.3 Å². The Bertz CT molecular complexity index is 61.8. The summed E-state index contributed by atoms with van der Waals surface area (Å²) < 4.78 is 0. The Morgan fingerprint density at radius 1 is 1.83 bits per heavy atom. The molecule has 0 unspecified atom stereocenters. The molecule has 1 radical (unpaired) electrons. The van der Waals surface area contributed by atoms with Crippen LogP contribution in [0.5, 0.6) is 0 Å². The first kappa shape index (κ1) is 9.96. The van der Waals surface area contributed by atoms with Crippen LogP contribution < -0.4 is 5.73 Å². The molecule has 0 atom stereocenters. The van der Waals surface area contributed by atoms with Crippen LogP contribution in [0.4, 0.5) is 0 Å². The third-order valence-corrected chi connectivity index (χ3v) is 0.201. The van der Waals surface area contributed by atoms with Gasteiger partial charge in [-0.2, -0.15) is 0 Å². The Morgan fingerprint density at radius 3 is 2.00 bits per heavy atom. The van der Waals surface area contributed by atoms with Gasteiger partial charge in [0.25, 0.3) is 0 Å². The Hall–Kier alpha value is 0.846. The normalized spacial score (nSPS) is 5.33. The van der Waals surface area contributed by atoms with Gasteiger partial charge < -0.3 is 5.73 Å². The van der Waals surface area contributed by atoms with Gasteiger partial charge in [-0.15, -0.1) is 0 Å². The minimum absolute atomic E-state index is 0. The number of carbonyl (C=O) groups excluding carboxylic acids is 1. The molecule has 0 rings (SSSR count). The fraction of sp³-hybridized carbons (Fsp3) is 0. The molecule has 0 aliphatic rings. The SMILES string of the molecule is C=CC(N)=O.[K]. The molecule has 3 heteroatoms. The number of carbonyl (C=O) groups is 1. The van der Waals surface area contributed by atoms with Crippen molar-refractivity contribution in [2.24, 2.45) is 5.73 Å². The van der Waals surface area contributed by atoms with Gasteiger partial charge in [-0.3, -0.25) is 4.79 Å². The molecule has 6 heavy (non-hydrogen) atoms. The topological polar surface area (TPSA) is 43.1 Å². The van der Waals surface area contributed by atoms with E-state index in [1.165, 1.54) is 0 Å². The number of primary amides is 1. The molecule has 0 saturated heterocycles. The molecule has 0 heterocycles. The van der Waals surface area contributed by atoms with Crippen LogP contribution in [0.1, 0.15) is 0 Å². The van der Waals surface area contributed by atoms with Crippen molar-refractivity contribution in [2.75, 3.05) is 0 Å². The van der Waals surface area contributed by atoms with Crippen molar-refractivity contribution in [3.63, 3.8) is 0 Å². The molecule has 0 saturated carbocycles. The van der Waals surface area contributed by atoms with Crippen LogP contribution >= 0.6 is 0 Å². The van der Waals surface area contributed by atoms with Gasteiger partial charge in [0.15, 0.2) is 0 Å². The average Bonchev–Trinajstić information content (AvgIpc) is 1.38. The molecular weight excluding hydrogens is 105 g/mol. The van der Waals surface area contributed by atoms with Gasteiger partial charge in [0, 0.05) is 51.4 Å². The maximum atomic E-state index is 9.47. The van der Waals surface area contributed by atoms with E-state index in [-0.39, 0.29) is 51.4 Å². The summed E-state index contributed by atoms with van der Waals surface area (Å²) in [7, 11) is 0. The van der Waals surface area contributed by atoms with Gasteiger partial charge in [0.2, 0.25) is 5.91 Å². The fourth-order valence-corrected chi connectivity index (χ4v) is 0. The van der Waals surface area contributed by atoms with Crippen molar-refractivity contribution in [3.8, 4) is 0 Å². The second-order valence-electron chi connectivity index (χ2n) is 0.606. The van der Waals surface area contributed by atoms with Crippen LogP contribution in [0.25, 0.3) is 0 Å². The molecule has 2 N–H and O–H groups in total. The Balaban J connectivity index is 0. The maximum absolute atomic E-state index is 9.47. The summed E-state index contributed by atoms with van der Waals surface area (Å²) >= 11 is 0. The first-order valence-electron chi connectivity index (χ1n) is 1.19. The summed E-state index contributed by atoms with van der Waals surface area (Å²) in [6.45, 7) is 3.09. The molecule has 0 fully saturated rings. The Morgan fingerprint density at radius 2 is 2.00 bits per heavy atom. The number of nitrogens with two attached hydrogens (primary N) is 1. The molecule has 1 amide bonds. The second-order valence-corrected chi connectivity index (χ2v) is 0.606. The van der Waals surface area contributed by atoms with Crippen molar-refractivity contribution in [1.82, 2.24) is 0 Å². The second kappa shape index (κ2) is 5.85. The standard InChI is InChI=1S/C3H5NO.K/c1-2-3(4)5;/h2H,1H2,(H2,4,5);. The quantitative estimate of drug-likeness (QED) is 0.351. The third kappa shape index (κ3) is 8.85. The van der Waals surface area contributed by atoms with Crippen molar-refractivity contribution < 1.29 is 4.79 Å². The summed E-state index contributed by atoms with van der Waals surface area (Å²) in [4.78, 5) is 9.47. The van der Waals surface area contributed by atoms with Gasteiger partial charge in [0.1, 0.15) is 0 Å². The molecule has 0 aromatic carbocycles. The van der Waals surface area contributed by atoms with Crippen LogP contribution in [0.15, 0.2) is 12.7 Å². The van der Waals surface area contributed by atoms with Crippen molar-refractivity contribution in [2.45, 2.75) is 0 Å². The summed E-state index contributed by atoms with van der Waals surface area (Å²) in [6.07, 6.45) is 1.06. The zero-order valence-corrected chi connectivity index (χ0v) is 6.89. The maximum Gasteiger partial charge on any atom is 0.240 e. The minimum atomic E-state index is -0.481. The predicted octanol–water partition coefficient (Wildman–Crippen LogP) is -0.723. The van der Waals surface area contributed by atoms with E-state index in [4.69, 9.17) is 0 Å². The molecule has 2 nitrogen and oxygen atoms in total. The smallest absolute Gasteiger partial charge is 0.240 e. The summed E-state index contributed by atoms with van der Waals surface area (Å²) in [5.74, 6) is -0.481. The fourth-order valence-electron chi connectivity index (χ4n) is 0. The molecular formula is C3H5KNO. The molecule has 29 valence electrons. The first-order valence-corrected chi connectivity index (χ1v) is 1.19. The molecule has 0 aliphatic carbocycles. The summed E-state index contributed by atoms with van der Waals surface area (Å²) in [6, 6.07) is 0. The van der Waals surface area contributed by atoms with E-state index < -0.39 is 5.91 Å². The average molecular weight is 110 g/mol. The van der Waals surface area contributed by atoms with E-state index in [0.717, 1.165) is 6.08 Å². The van der Waals surface area contributed by atoms with Gasteiger partial charge in [-0.05, 0) is 6.08 Å².